The zero-order valence-electron chi connectivity index (χ0n) is 15.1. The van der Waals surface area contributed by atoms with Crippen molar-refractivity contribution in [3.8, 4) is 0 Å². The molecule has 142 valence electrons. The van der Waals surface area contributed by atoms with Crippen molar-refractivity contribution in [3.05, 3.63) is 47.3 Å². The number of ether oxygens (including phenoxy) is 1. The van der Waals surface area contributed by atoms with Crippen molar-refractivity contribution in [2.75, 3.05) is 51.8 Å². The Morgan fingerprint density at radius 3 is 2.46 bits per heavy atom. The first-order valence-electron chi connectivity index (χ1n) is 8.70. The Kier molecular flexibility index (Phi) is 6.31. The highest BCUT2D eigenvalue weighted by Crippen LogP contribution is 2.19. The summed E-state index contributed by atoms with van der Waals surface area (Å²) in [4.78, 5) is 3.41. The number of quaternary nitrogens is 1. The van der Waals surface area contributed by atoms with Crippen molar-refractivity contribution in [2.24, 2.45) is 0 Å². The minimum atomic E-state index is -3.46. The van der Waals surface area contributed by atoms with Crippen LogP contribution >= 0.6 is 11.3 Å². The van der Waals surface area contributed by atoms with E-state index in [9.17, 15) is 8.42 Å². The molecule has 2 heterocycles. The highest BCUT2D eigenvalue weighted by molar-refractivity contribution is 7.91. The van der Waals surface area contributed by atoms with Crippen LogP contribution in [0.15, 0.2) is 46.0 Å². The highest BCUT2D eigenvalue weighted by atomic mass is 32.2. The topological polar surface area (TPSA) is 63.1 Å². The number of sulfonamides is 1. The predicted octanol–water partition coefficient (Wildman–Crippen LogP) is 0.749. The minimum absolute atomic E-state index is 0.0600. The summed E-state index contributed by atoms with van der Waals surface area (Å²) in [6.45, 7) is 3.54. The summed E-state index contributed by atoms with van der Waals surface area (Å²) >= 11 is 1.24. The number of hydrogen-bond acceptors (Lipinski definition) is 5. The van der Waals surface area contributed by atoms with E-state index >= 15 is 0 Å². The summed E-state index contributed by atoms with van der Waals surface area (Å²) < 4.78 is 33.7. The van der Waals surface area contributed by atoms with Crippen LogP contribution in [0.1, 0.15) is 11.6 Å². The molecule has 1 fully saturated rings. The number of nitrogens with zero attached hydrogens (tertiary/aromatic N) is 1. The minimum Gasteiger partial charge on any atom is -0.378 e. The molecule has 2 N–H and O–H groups in total. The second kappa shape index (κ2) is 8.49. The van der Waals surface area contributed by atoms with E-state index in [1.807, 2.05) is 14.1 Å². The summed E-state index contributed by atoms with van der Waals surface area (Å²) in [7, 11) is 0.553. The molecule has 1 aliphatic rings. The first kappa shape index (κ1) is 19.3. The molecule has 2 aromatic rings. The average molecular weight is 397 g/mol. The number of thiophene rings is 1. The molecular weight excluding hydrogens is 370 g/mol. The van der Waals surface area contributed by atoms with E-state index in [2.05, 4.69) is 33.9 Å². The number of rotatable bonds is 7. The van der Waals surface area contributed by atoms with Crippen molar-refractivity contribution in [3.63, 3.8) is 0 Å². The first-order chi connectivity index (χ1) is 12.5. The van der Waals surface area contributed by atoms with Crippen LogP contribution < -0.4 is 14.5 Å². The summed E-state index contributed by atoms with van der Waals surface area (Å²) in [6, 6.07) is 11.8. The number of nitrogens with one attached hydrogen (secondary N) is 2. The Labute approximate surface area is 159 Å². The molecule has 1 aromatic heterocycles. The van der Waals surface area contributed by atoms with Gasteiger partial charge in [-0.2, -0.15) is 0 Å². The molecule has 1 aromatic carbocycles. The maximum Gasteiger partial charge on any atom is 0.250 e. The third kappa shape index (κ3) is 4.63. The van der Waals surface area contributed by atoms with E-state index in [-0.39, 0.29) is 6.04 Å². The van der Waals surface area contributed by atoms with Crippen LogP contribution in [0.3, 0.4) is 0 Å². The van der Waals surface area contributed by atoms with Crippen molar-refractivity contribution < 1.29 is 18.1 Å². The van der Waals surface area contributed by atoms with Gasteiger partial charge in [0.25, 0.3) is 0 Å². The molecule has 8 heteroatoms. The van der Waals surface area contributed by atoms with Crippen LogP contribution in [0.5, 0.6) is 0 Å². The Bertz CT molecular complexity index is 784. The van der Waals surface area contributed by atoms with Gasteiger partial charge in [0.05, 0.1) is 19.8 Å². The molecule has 26 heavy (non-hydrogen) atoms. The van der Waals surface area contributed by atoms with E-state index in [0.29, 0.717) is 24.0 Å². The van der Waals surface area contributed by atoms with E-state index in [1.54, 1.807) is 17.5 Å². The van der Waals surface area contributed by atoms with Crippen LogP contribution in [0.4, 0.5) is 5.69 Å². The summed E-state index contributed by atoms with van der Waals surface area (Å²) in [5.41, 5.74) is 2.27. The van der Waals surface area contributed by atoms with Gasteiger partial charge in [-0.15, -0.1) is 11.3 Å². The third-order valence-corrected chi connectivity index (χ3v) is 7.50. The lowest BCUT2D eigenvalue weighted by molar-refractivity contribution is -0.937. The lowest BCUT2D eigenvalue weighted by Crippen LogP contribution is -3.15. The predicted molar refractivity (Wildman–Crippen MR) is 105 cm³/mol. The summed E-state index contributed by atoms with van der Waals surface area (Å²) in [6.07, 6.45) is 0. The first-order valence-corrected chi connectivity index (χ1v) is 11.1. The van der Waals surface area contributed by atoms with E-state index in [1.165, 1.54) is 16.2 Å². The van der Waals surface area contributed by atoms with Gasteiger partial charge in [-0.05, 0) is 23.6 Å². The third-order valence-electron chi connectivity index (χ3n) is 4.68. The van der Waals surface area contributed by atoms with Gasteiger partial charge in [0.1, 0.15) is 23.3 Å². The summed E-state index contributed by atoms with van der Waals surface area (Å²) in [5, 5.41) is 1.78. The van der Waals surface area contributed by atoms with Crippen molar-refractivity contribution in [2.45, 2.75) is 10.3 Å². The normalized spacial score (nSPS) is 17.2. The molecule has 6 nitrogen and oxygen atoms in total. The SMILES string of the molecule is CN(C)c1ccc([C@H](CNS(=O)(=O)c2cccs2)[NH+]2CCOCC2)cc1. The molecule has 0 unspecified atom stereocenters. The summed E-state index contributed by atoms with van der Waals surface area (Å²) in [5.74, 6) is 0. The van der Waals surface area contributed by atoms with E-state index in [0.717, 1.165) is 24.3 Å². The van der Waals surface area contributed by atoms with Crippen LogP contribution in [0.25, 0.3) is 0 Å². The quantitative estimate of drug-likeness (QED) is 0.725. The molecule has 0 aliphatic carbocycles. The van der Waals surface area contributed by atoms with Gasteiger partial charge in [-0.3, -0.25) is 0 Å². The Hall–Kier alpha value is -1.45. The molecule has 1 aliphatic heterocycles. The maximum absolute atomic E-state index is 12.5. The fourth-order valence-electron chi connectivity index (χ4n) is 3.17. The molecule has 0 bridgehead atoms. The molecule has 1 atom stereocenters. The molecule has 0 spiro atoms. The molecule has 3 rings (SSSR count). The lowest BCUT2D eigenvalue weighted by Gasteiger charge is -2.32. The maximum atomic E-state index is 12.5. The van der Waals surface area contributed by atoms with Crippen LogP contribution in [-0.2, 0) is 14.8 Å². The monoisotopic (exact) mass is 396 g/mol. The molecule has 0 amide bonds. The van der Waals surface area contributed by atoms with Gasteiger partial charge in [-0.25, -0.2) is 13.1 Å². The zero-order valence-corrected chi connectivity index (χ0v) is 16.8. The van der Waals surface area contributed by atoms with Gasteiger partial charge >= 0.3 is 0 Å². The largest absolute Gasteiger partial charge is 0.378 e. The number of anilines is 1. The Morgan fingerprint density at radius 2 is 1.88 bits per heavy atom. The van der Waals surface area contributed by atoms with Gasteiger partial charge in [-0.1, -0.05) is 18.2 Å². The average Bonchev–Trinajstić information content (AvgIpc) is 3.19. The molecule has 0 radical (unpaired) electrons. The second-order valence-corrected chi connectivity index (χ2v) is 9.53. The zero-order chi connectivity index (χ0) is 18.6. The standard InChI is InChI=1S/C18H25N3O3S2/c1-20(2)16-7-5-15(6-8-16)17(21-9-11-24-12-10-21)14-19-26(22,23)18-4-3-13-25-18/h3-8,13,17,19H,9-12,14H2,1-2H3/p+1/t17-/m0/s1. The lowest BCUT2D eigenvalue weighted by atomic mass is 10.0. The number of benzene rings is 1. The van der Waals surface area contributed by atoms with Gasteiger partial charge in [0.2, 0.25) is 10.0 Å². The Balaban J connectivity index is 1.79. The molecule has 0 saturated carbocycles. The van der Waals surface area contributed by atoms with Crippen molar-refractivity contribution in [1.82, 2.24) is 4.72 Å². The second-order valence-electron chi connectivity index (χ2n) is 6.59. The Morgan fingerprint density at radius 1 is 1.19 bits per heavy atom. The van der Waals surface area contributed by atoms with Gasteiger partial charge in [0.15, 0.2) is 0 Å². The highest BCUT2D eigenvalue weighted by Gasteiger charge is 2.28. The van der Waals surface area contributed by atoms with E-state index < -0.39 is 10.0 Å². The van der Waals surface area contributed by atoms with Gasteiger partial charge < -0.3 is 14.5 Å². The van der Waals surface area contributed by atoms with Crippen LogP contribution in [-0.4, -0.2) is 55.4 Å². The fourth-order valence-corrected chi connectivity index (χ4v) is 5.25. The van der Waals surface area contributed by atoms with E-state index in [4.69, 9.17) is 4.74 Å². The molecule has 1 saturated heterocycles. The van der Waals surface area contributed by atoms with Gasteiger partial charge in [0, 0.05) is 25.3 Å². The molecular formula is C18H26N3O3S2+. The smallest absolute Gasteiger partial charge is 0.250 e. The van der Waals surface area contributed by atoms with Crippen molar-refractivity contribution in [1.29, 1.82) is 0 Å². The van der Waals surface area contributed by atoms with Crippen molar-refractivity contribution >= 4 is 27.0 Å². The van der Waals surface area contributed by atoms with Crippen LogP contribution in [0, 0.1) is 0 Å². The number of hydrogen-bond donors (Lipinski definition) is 2. The number of morpholine rings is 1. The fraction of sp³-hybridized carbons (Fsp3) is 0.444. The van der Waals surface area contributed by atoms with Crippen LogP contribution in [0.2, 0.25) is 0 Å².